The normalized spacial score (nSPS) is 20.2. The van der Waals surface area contributed by atoms with Crippen LogP contribution in [-0.2, 0) is 4.79 Å². The number of nitrogens with zero attached hydrogens (tertiary/aromatic N) is 2. The molecule has 2 aromatic carbocycles. The first-order valence-corrected chi connectivity index (χ1v) is 9.36. The maximum Gasteiger partial charge on any atom is 0.217 e. The van der Waals surface area contributed by atoms with Crippen molar-refractivity contribution in [1.29, 1.82) is 0 Å². The summed E-state index contributed by atoms with van der Waals surface area (Å²) in [6.45, 7) is 5.34. The van der Waals surface area contributed by atoms with Gasteiger partial charge in [0, 0.05) is 25.9 Å². The quantitative estimate of drug-likeness (QED) is 0.782. The summed E-state index contributed by atoms with van der Waals surface area (Å²) in [5.41, 5.74) is 3.56. The van der Waals surface area contributed by atoms with E-state index in [2.05, 4.69) is 47.5 Å². The molecule has 1 aliphatic heterocycles. The molecule has 0 radical (unpaired) electrons. The number of fused-ring (bicyclic) bond motifs is 1. The van der Waals surface area contributed by atoms with Gasteiger partial charge in [-0.3, -0.25) is 4.79 Å². The van der Waals surface area contributed by atoms with Gasteiger partial charge in [-0.2, -0.15) is 0 Å². The van der Waals surface area contributed by atoms with Crippen LogP contribution in [0.2, 0.25) is 0 Å². The van der Waals surface area contributed by atoms with E-state index in [1.165, 1.54) is 15.8 Å². The summed E-state index contributed by atoms with van der Waals surface area (Å²) in [5, 5.41) is 4.17. The average Bonchev–Trinajstić information content (AvgIpc) is 3.19. The van der Waals surface area contributed by atoms with Crippen LogP contribution >= 0.6 is 11.3 Å². The lowest BCUT2D eigenvalue weighted by atomic mass is 9.93. The lowest BCUT2D eigenvalue weighted by Crippen LogP contribution is -2.38. The Kier molecular flexibility index (Phi) is 4.17. The molecular formula is C20H21N3OS. The molecule has 0 spiro atoms. The monoisotopic (exact) mass is 351 g/mol. The molecule has 3 aromatic rings. The molecule has 1 saturated heterocycles. The zero-order valence-corrected chi connectivity index (χ0v) is 15.2. The predicted octanol–water partition coefficient (Wildman–Crippen LogP) is 3.71. The van der Waals surface area contributed by atoms with E-state index in [1.807, 2.05) is 18.2 Å². The van der Waals surface area contributed by atoms with Crippen LogP contribution in [0, 0.1) is 6.92 Å². The van der Waals surface area contributed by atoms with E-state index in [-0.39, 0.29) is 17.9 Å². The molecule has 25 heavy (non-hydrogen) atoms. The molecule has 0 bridgehead atoms. The molecule has 128 valence electrons. The number of hydrogen-bond acceptors (Lipinski definition) is 4. The summed E-state index contributed by atoms with van der Waals surface area (Å²) in [6.07, 6.45) is 0. The number of carbonyl (C=O) groups is 1. The van der Waals surface area contributed by atoms with Gasteiger partial charge in [0.25, 0.3) is 0 Å². The molecular weight excluding hydrogens is 330 g/mol. The van der Waals surface area contributed by atoms with Crippen molar-refractivity contribution in [2.75, 3.05) is 18.0 Å². The Morgan fingerprint density at radius 1 is 1.16 bits per heavy atom. The molecule has 4 rings (SSSR count). The van der Waals surface area contributed by atoms with Crippen LogP contribution in [0.25, 0.3) is 10.2 Å². The van der Waals surface area contributed by atoms with Gasteiger partial charge in [0.05, 0.1) is 16.3 Å². The highest BCUT2D eigenvalue weighted by molar-refractivity contribution is 7.22. The van der Waals surface area contributed by atoms with Crippen LogP contribution in [0.15, 0.2) is 48.5 Å². The Morgan fingerprint density at radius 2 is 1.92 bits per heavy atom. The Bertz CT molecular complexity index is 870. The number of aromatic nitrogens is 1. The average molecular weight is 351 g/mol. The Balaban J connectivity index is 1.64. The summed E-state index contributed by atoms with van der Waals surface area (Å²) >= 11 is 1.72. The Morgan fingerprint density at radius 3 is 2.64 bits per heavy atom. The van der Waals surface area contributed by atoms with Gasteiger partial charge in [-0.05, 0) is 24.6 Å². The van der Waals surface area contributed by atoms with Crippen molar-refractivity contribution in [2.45, 2.75) is 25.8 Å². The Hall–Kier alpha value is -2.40. The number of rotatable bonds is 3. The Labute approximate surface area is 151 Å². The number of nitrogens with one attached hydrogen (secondary N) is 1. The van der Waals surface area contributed by atoms with Crippen molar-refractivity contribution >= 4 is 32.6 Å². The van der Waals surface area contributed by atoms with E-state index in [4.69, 9.17) is 4.98 Å². The molecule has 1 aliphatic rings. The predicted molar refractivity (Wildman–Crippen MR) is 103 cm³/mol. The second kappa shape index (κ2) is 6.48. The van der Waals surface area contributed by atoms with Gasteiger partial charge in [-0.15, -0.1) is 0 Å². The van der Waals surface area contributed by atoms with E-state index >= 15 is 0 Å². The van der Waals surface area contributed by atoms with Crippen molar-refractivity contribution in [3.8, 4) is 0 Å². The largest absolute Gasteiger partial charge is 0.351 e. The maximum atomic E-state index is 11.7. The molecule has 0 saturated carbocycles. The molecule has 1 aromatic heterocycles. The SMILES string of the molecule is CC(=O)N[C@@H]1CN(c2nc3ccccc3s2)C[C@H]1c1ccc(C)cc1. The summed E-state index contributed by atoms with van der Waals surface area (Å²) in [5.74, 6) is 0.296. The molecule has 1 fully saturated rings. The van der Waals surface area contributed by atoms with Crippen molar-refractivity contribution in [1.82, 2.24) is 10.3 Å². The smallest absolute Gasteiger partial charge is 0.217 e. The number of amides is 1. The number of benzene rings is 2. The molecule has 2 atom stereocenters. The standard InChI is InChI=1S/C20H21N3OS/c1-13-7-9-15(10-8-13)16-11-23(12-18(16)21-14(2)24)20-22-17-5-3-4-6-19(17)25-20/h3-10,16,18H,11-12H2,1-2H3,(H,21,24)/t16-,18+/m0/s1. The van der Waals surface area contributed by atoms with Gasteiger partial charge in [-0.1, -0.05) is 53.3 Å². The number of anilines is 1. The zero-order valence-electron chi connectivity index (χ0n) is 14.4. The zero-order chi connectivity index (χ0) is 17.4. The first kappa shape index (κ1) is 16.1. The summed E-state index contributed by atoms with van der Waals surface area (Å²) in [4.78, 5) is 18.8. The van der Waals surface area contributed by atoms with E-state index in [0.29, 0.717) is 0 Å². The minimum Gasteiger partial charge on any atom is -0.351 e. The second-order valence-electron chi connectivity index (χ2n) is 6.69. The van der Waals surface area contributed by atoms with Crippen molar-refractivity contribution in [2.24, 2.45) is 0 Å². The summed E-state index contributed by atoms with van der Waals surface area (Å²) in [6, 6.07) is 17.0. The van der Waals surface area contributed by atoms with Crippen LogP contribution in [0.5, 0.6) is 0 Å². The maximum absolute atomic E-state index is 11.7. The van der Waals surface area contributed by atoms with E-state index < -0.39 is 0 Å². The van der Waals surface area contributed by atoms with Crippen LogP contribution in [0.4, 0.5) is 5.13 Å². The molecule has 5 heteroatoms. The fourth-order valence-corrected chi connectivity index (χ4v) is 4.50. The fourth-order valence-electron chi connectivity index (χ4n) is 3.51. The van der Waals surface area contributed by atoms with Crippen LogP contribution in [0.3, 0.4) is 0 Å². The first-order valence-electron chi connectivity index (χ1n) is 8.54. The van der Waals surface area contributed by atoms with Crippen molar-refractivity contribution in [3.63, 3.8) is 0 Å². The summed E-state index contributed by atoms with van der Waals surface area (Å²) < 4.78 is 1.20. The minimum atomic E-state index is 0.0215. The third kappa shape index (κ3) is 3.24. The highest BCUT2D eigenvalue weighted by Crippen LogP contribution is 2.35. The molecule has 2 heterocycles. The highest BCUT2D eigenvalue weighted by atomic mass is 32.1. The number of hydrogen-bond donors (Lipinski definition) is 1. The number of carbonyl (C=O) groups excluding carboxylic acids is 1. The minimum absolute atomic E-state index is 0.0215. The van der Waals surface area contributed by atoms with Gasteiger partial charge < -0.3 is 10.2 Å². The molecule has 1 amide bonds. The molecule has 1 N–H and O–H groups in total. The van der Waals surface area contributed by atoms with Gasteiger partial charge in [0.1, 0.15) is 0 Å². The molecule has 0 unspecified atom stereocenters. The summed E-state index contributed by atoms with van der Waals surface area (Å²) in [7, 11) is 0. The van der Waals surface area contributed by atoms with Gasteiger partial charge >= 0.3 is 0 Å². The third-order valence-electron chi connectivity index (χ3n) is 4.77. The van der Waals surface area contributed by atoms with Crippen molar-refractivity contribution < 1.29 is 4.79 Å². The molecule has 0 aliphatic carbocycles. The van der Waals surface area contributed by atoms with Gasteiger partial charge in [-0.25, -0.2) is 4.98 Å². The van der Waals surface area contributed by atoms with Crippen molar-refractivity contribution in [3.05, 3.63) is 59.7 Å². The lowest BCUT2D eigenvalue weighted by molar-refractivity contribution is -0.119. The molecule has 4 nitrogen and oxygen atoms in total. The second-order valence-corrected chi connectivity index (χ2v) is 7.70. The lowest BCUT2D eigenvalue weighted by Gasteiger charge is -2.19. The number of aryl methyl sites for hydroxylation is 1. The number of para-hydroxylation sites is 1. The van der Waals surface area contributed by atoms with E-state index in [1.54, 1.807) is 18.3 Å². The van der Waals surface area contributed by atoms with Gasteiger partial charge in [0.15, 0.2) is 5.13 Å². The highest BCUT2D eigenvalue weighted by Gasteiger charge is 2.35. The first-order chi connectivity index (χ1) is 12.1. The third-order valence-corrected chi connectivity index (χ3v) is 5.86. The van der Waals surface area contributed by atoms with Crippen LogP contribution in [-0.4, -0.2) is 30.0 Å². The van der Waals surface area contributed by atoms with Crippen LogP contribution < -0.4 is 10.2 Å². The van der Waals surface area contributed by atoms with E-state index in [9.17, 15) is 4.79 Å². The van der Waals surface area contributed by atoms with Gasteiger partial charge in [0.2, 0.25) is 5.91 Å². The van der Waals surface area contributed by atoms with Crippen LogP contribution in [0.1, 0.15) is 24.0 Å². The fraction of sp³-hybridized carbons (Fsp3) is 0.300. The number of thiazole rings is 1. The van der Waals surface area contributed by atoms with E-state index in [0.717, 1.165) is 23.7 Å². The topological polar surface area (TPSA) is 45.2 Å².